The highest BCUT2D eigenvalue weighted by Crippen LogP contribution is 2.18. The molecule has 2 aromatic rings. The maximum atomic E-state index is 13.4. The maximum Gasteiger partial charge on any atom is 0.336 e. The fourth-order valence-corrected chi connectivity index (χ4v) is 1.44. The molecule has 76 valence electrons. The van der Waals surface area contributed by atoms with Crippen molar-refractivity contribution in [1.29, 1.82) is 0 Å². The Labute approximate surface area is 83.0 Å². The predicted octanol–water partition coefficient (Wildman–Crippen LogP) is 1.37. The number of hydrogen-bond acceptors (Lipinski definition) is 2. The second-order valence-electron chi connectivity index (χ2n) is 3.01. The molecule has 15 heavy (non-hydrogen) atoms. The second-order valence-corrected chi connectivity index (χ2v) is 3.01. The smallest absolute Gasteiger partial charge is 0.336 e. The summed E-state index contributed by atoms with van der Waals surface area (Å²) < 4.78 is 13.4. The van der Waals surface area contributed by atoms with Crippen LogP contribution in [0, 0.1) is 5.82 Å². The lowest BCUT2D eigenvalue weighted by Crippen LogP contribution is -2.10. The minimum Gasteiger partial charge on any atom is -0.478 e. The first kappa shape index (κ1) is 9.39. The molecule has 0 saturated heterocycles. The molecule has 4 nitrogen and oxygen atoms in total. The van der Waals surface area contributed by atoms with Crippen molar-refractivity contribution in [2.45, 2.75) is 0 Å². The van der Waals surface area contributed by atoms with Crippen LogP contribution < -0.4 is 5.56 Å². The SMILES string of the molecule is O=C(O)c1cc(=O)[nH]c2cccc(F)c12. The normalized spacial score (nSPS) is 10.5. The fourth-order valence-electron chi connectivity index (χ4n) is 1.44. The Balaban J connectivity index is 3.01. The van der Waals surface area contributed by atoms with Crippen molar-refractivity contribution >= 4 is 16.9 Å². The summed E-state index contributed by atoms with van der Waals surface area (Å²) in [5.41, 5.74) is -0.711. The number of H-pyrrole nitrogens is 1. The molecule has 0 aliphatic carbocycles. The Kier molecular flexibility index (Phi) is 2.00. The van der Waals surface area contributed by atoms with Crippen LogP contribution in [0.15, 0.2) is 29.1 Å². The molecule has 0 saturated carbocycles. The molecule has 1 aromatic carbocycles. The molecule has 0 amide bonds. The monoisotopic (exact) mass is 207 g/mol. The average molecular weight is 207 g/mol. The van der Waals surface area contributed by atoms with Crippen LogP contribution in [0.25, 0.3) is 10.9 Å². The Morgan fingerprint density at radius 3 is 2.80 bits per heavy atom. The topological polar surface area (TPSA) is 70.2 Å². The molecule has 0 atom stereocenters. The van der Waals surface area contributed by atoms with E-state index in [1.54, 1.807) is 0 Å². The molecule has 0 aliphatic heterocycles. The van der Waals surface area contributed by atoms with Gasteiger partial charge in [0, 0.05) is 11.5 Å². The summed E-state index contributed by atoms with van der Waals surface area (Å²) in [7, 11) is 0. The largest absolute Gasteiger partial charge is 0.478 e. The molecule has 0 aliphatic rings. The van der Waals surface area contributed by atoms with Crippen LogP contribution in [0.4, 0.5) is 4.39 Å². The lowest BCUT2D eigenvalue weighted by atomic mass is 10.1. The number of aromatic carboxylic acids is 1. The van der Waals surface area contributed by atoms with Crippen LogP contribution in [-0.4, -0.2) is 16.1 Å². The molecule has 0 unspecified atom stereocenters. The van der Waals surface area contributed by atoms with Crippen molar-refractivity contribution in [2.24, 2.45) is 0 Å². The van der Waals surface area contributed by atoms with E-state index in [4.69, 9.17) is 5.11 Å². The Morgan fingerprint density at radius 2 is 2.13 bits per heavy atom. The molecule has 1 heterocycles. The first-order chi connectivity index (χ1) is 7.09. The lowest BCUT2D eigenvalue weighted by molar-refractivity contribution is 0.0698. The summed E-state index contributed by atoms with van der Waals surface area (Å²) in [6, 6.07) is 4.87. The summed E-state index contributed by atoms with van der Waals surface area (Å²) in [5.74, 6) is -1.99. The van der Waals surface area contributed by atoms with Crippen molar-refractivity contribution in [1.82, 2.24) is 4.98 Å². The van der Waals surface area contributed by atoms with Crippen LogP contribution in [0.3, 0.4) is 0 Å². The van der Waals surface area contributed by atoms with E-state index in [1.807, 2.05) is 0 Å². The van der Waals surface area contributed by atoms with Gasteiger partial charge in [0.25, 0.3) is 0 Å². The lowest BCUT2D eigenvalue weighted by Gasteiger charge is -2.02. The highest BCUT2D eigenvalue weighted by molar-refractivity contribution is 6.02. The molecule has 0 bridgehead atoms. The van der Waals surface area contributed by atoms with Crippen molar-refractivity contribution in [3.05, 3.63) is 46.0 Å². The van der Waals surface area contributed by atoms with E-state index in [1.165, 1.54) is 12.1 Å². The zero-order valence-corrected chi connectivity index (χ0v) is 7.45. The van der Waals surface area contributed by atoms with Gasteiger partial charge in [0.2, 0.25) is 5.56 Å². The Hall–Kier alpha value is -2.17. The third-order valence-electron chi connectivity index (χ3n) is 2.05. The number of benzene rings is 1. The number of aromatic nitrogens is 1. The molecule has 2 rings (SSSR count). The van der Waals surface area contributed by atoms with E-state index in [2.05, 4.69) is 4.98 Å². The van der Waals surface area contributed by atoms with Crippen LogP contribution in [-0.2, 0) is 0 Å². The van der Waals surface area contributed by atoms with Gasteiger partial charge in [-0.3, -0.25) is 4.79 Å². The van der Waals surface area contributed by atoms with E-state index in [-0.39, 0.29) is 16.5 Å². The molecule has 0 radical (unpaired) electrons. The van der Waals surface area contributed by atoms with Gasteiger partial charge in [-0.25, -0.2) is 9.18 Å². The van der Waals surface area contributed by atoms with Crippen molar-refractivity contribution in [2.75, 3.05) is 0 Å². The van der Waals surface area contributed by atoms with Crippen LogP contribution in [0.1, 0.15) is 10.4 Å². The van der Waals surface area contributed by atoms with Gasteiger partial charge in [-0.05, 0) is 12.1 Å². The fraction of sp³-hybridized carbons (Fsp3) is 0. The standard InChI is InChI=1S/C10H6FNO3/c11-6-2-1-3-7-9(6)5(10(14)15)4-8(13)12-7/h1-4H,(H,12,13)(H,14,15). The van der Waals surface area contributed by atoms with E-state index >= 15 is 0 Å². The van der Waals surface area contributed by atoms with Gasteiger partial charge < -0.3 is 10.1 Å². The van der Waals surface area contributed by atoms with Crippen LogP contribution in [0.5, 0.6) is 0 Å². The molecule has 2 N–H and O–H groups in total. The zero-order chi connectivity index (χ0) is 11.0. The van der Waals surface area contributed by atoms with Crippen molar-refractivity contribution in [3.8, 4) is 0 Å². The summed E-state index contributed by atoms with van der Waals surface area (Å²) in [5, 5.41) is 8.73. The first-order valence-corrected chi connectivity index (χ1v) is 4.14. The molecule has 5 heteroatoms. The number of nitrogens with one attached hydrogen (secondary N) is 1. The number of aromatic amines is 1. The number of fused-ring (bicyclic) bond motifs is 1. The van der Waals surface area contributed by atoms with Gasteiger partial charge in [0.1, 0.15) is 5.82 Å². The van der Waals surface area contributed by atoms with Gasteiger partial charge >= 0.3 is 5.97 Å². The summed E-state index contributed by atoms with van der Waals surface area (Å²) in [4.78, 5) is 24.2. The number of halogens is 1. The predicted molar refractivity (Wildman–Crippen MR) is 51.5 cm³/mol. The summed E-state index contributed by atoms with van der Waals surface area (Å²) >= 11 is 0. The van der Waals surface area contributed by atoms with E-state index in [0.717, 1.165) is 12.1 Å². The third-order valence-corrected chi connectivity index (χ3v) is 2.05. The minimum atomic E-state index is -1.32. The van der Waals surface area contributed by atoms with Gasteiger partial charge in [0.05, 0.1) is 11.1 Å². The Morgan fingerprint density at radius 1 is 1.40 bits per heavy atom. The van der Waals surface area contributed by atoms with E-state index in [0.29, 0.717) is 0 Å². The molecular weight excluding hydrogens is 201 g/mol. The van der Waals surface area contributed by atoms with E-state index in [9.17, 15) is 14.0 Å². The highest BCUT2D eigenvalue weighted by atomic mass is 19.1. The number of hydrogen-bond donors (Lipinski definition) is 2. The second kappa shape index (κ2) is 3.20. The van der Waals surface area contributed by atoms with Crippen LogP contribution >= 0.6 is 0 Å². The van der Waals surface area contributed by atoms with Gasteiger partial charge in [-0.1, -0.05) is 6.07 Å². The number of carboxylic acids is 1. The first-order valence-electron chi connectivity index (χ1n) is 4.14. The highest BCUT2D eigenvalue weighted by Gasteiger charge is 2.13. The van der Waals surface area contributed by atoms with Gasteiger partial charge in [-0.15, -0.1) is 0 Å². The van der Waals surface area contributed by atoms with Gasteiger partial charge in [-0.2, -0.15) is 0 Å². The molecule has 0 fully saturated rings. The number of pyridine rings is 1. The van der Waals surface area contributed by atoms with Gasteiger partial charge in [0.15, 0.2) is 0 Å². The third kappa shape index (κ3) is 1.48. The molecular formula is C10H6FNO3. The molecule has 0 spiro atoms. The number of carbonyl (C=O) groups is 1. The minimum absolute atomic E-state index is 0.0791. The number of rotatable bonds is 1. The van der Waals surface area contributed by atoms with Crippen LogP contribution in [0.2, 0.25) is 0 Å². The summed E-state index contributed by atoms with van der Waals surface area (Å²) in [6.07, 6.45) is 0. The summed E-state index contributed by atoms with van der Waals surface area (Å²) in [6.45, 7) is 0. The molecule has 1 aromatic heterocycles. The average Bonchev–Trinajstić information content (AvgIpc) is 2.16. The van der Waals surface area contributed by atoms with Crippen molar-refractivity contribution in [3.63, 3.8) is 0 Å². The quantitative estimate of drug-likeness (QED) is 0.741. The maximum absolute atomic E-state index is 13.4. The Bertz CT molecular complexity index is 603. The van der Waals surface area contributed by atoms with E-state index < -0.39 is 17.3 Å². The number of carboxylic acid groups (broad SMARTS) is 1. The van der Waals surface area contributed by atoms with Crippen molar-refractivity contribution < 1.29 is 14.3 Å². The zero-order valence-electron chi connectivity index (χ0n) is 7.45.